The van der Waals surface area contributed by atoms with Crippen LogP contribution in [0.25, 0.3) is 0 Å². The van der Waals surface area contributed by atoms with Gasteiger partial charge in [-0.05, 0) is 26.0 Å². The Morgan fingerprint density at radius 2 is 1.69 bits per heavy atom. The average molecular weight is 177 g/mol. The lowest BCUT2D eigenvalue weighted by Crippen LogP contribution is -2.14. The van der Waals surface area contributed by atoms with E-state index < -0.39 is 0 Å². The Balaban J connectivity index is 2.57. The molecule has 0 unspecified atom stereocenters. The predicted molar refractivity (Wildman–Crippen MR) is 53.9 cm³/mol. The number of benzene rings is 1. The summed E-state index contributed by atoms with van der Waals surface area (Å²) in [5, 5.41) is 10.1. The van der Waals surface area contributed by atoms with E-state index in [1.165, 1.54) is 0 Å². The summed E-state index contributed by atoms with van der Waals surface area (Å²) >= 11 is 0. The quantitative estimate of drug-likeness (QED) is 0.513. The fraction of sp³-hybridized carbons (Fsp3) is 0.400. The third-order valence-electron chi connectivity index (χ3n) is 1.77. The molecule has 0 spiro atoms. The van der Waals surface area contributed by atoms with Crippen LogP contribution in [0.1, 0.15) is 13.8 Å². The summed E-state index contributed by atoms with van der Waals surface area (Å²) in [5.41, 5.74) is 0.898. The van der Waals surface area contributed by atoms with Crippen LogP contribution in [0.15, 0.2) is 40.7 Å². The maximum atomic E-state index is 4.10. The second-order valence-corrected chi connectivity index (χ2v) is 2.66. The molecular weight excluding hydrogens is 162 g/mol. The van der Waals surface area contributed by atoms with Gasteiger partial charge in [0.1, 0.15) is 0 Å². The van der Waals surface area contributed by atoms with Crippen molar-refractivity contribution in [3.8, 4) is 0 Å². The molecule has 13 heavy (non-hydrogen) atoms. The topological polar surface area (TPSA) is 28.0 Å². The third kappa shape index (κ3) is 3.23. The normalized spacial score (nSPS) is 10.6. The molecule has 0 bridgehead atoms. The number of hydrogen-bond donors (Lipinski definition) is 0. The van der Waals surface area contributed by atoms with E-state index >= 15 is 0 Å². The Bertz CT molecular complexity index is 252. The first-order valence-corrected chi connectivity index (χ1v) is 4.58. The van der Waals surface area contributed by atoms with Crippen molar-refractivity contribution in [2.45, 2.75) is 13.8 Å². The SMILES string of the molecule is CCN(CC)/N=N/c1ccccc1. The zero-order valence-corrected chi connectivity index (χ0v) is 8.14. The Hall–Kier alpha value is -1.38. The van der Waals surface area contributed by atoms with E-state index in [1.54, 1.807) is 0 Å². The molecular formula is C10H15N3. The Morgan fingerprint density at radius 3 is 2.23 bits per heavy atom. The van der Waals surface area contributed by atoms with Crippen LogP contribution in [-0.4, -0.2) is 18.1 Å². The summed E-state index contributed by atoms with van der Waals surface area (Å²) in [6.45, 7) is 5.92. The minimum atomic E-state index is 0.896. The van der Waals surface area contributed by atoms with Crippen LogP contribution in [0.2, 0.25) is 0 Å². The Morgan fingerprint density at radius 1 is 1.08 bits per heavy atom. The Labute approximate surface area is 79.1 Å². The minimum Gasteiger partial charge on any atom is -0.279 e. The van der Waals surface area contributed by atoms with Crippen LogP contribution in [0, 0.1) is 0 Å². The minimum absolute atomic E-state index is 0.896. The summed E-state index contributed by atoms with van der Waals surface area (Å²) < 4.78 is 0. The first-order valence-electron chi connectivity index (χ1n) is 4.58. The summed E-state index contributed by atoms with van der Waals surface area (Å²) in [4.78, 5) is 0. The molecule has 0 aliphatic carbocycles. The average Bonchev–Trinajstić information content (AvgIpc) is 2.21. The summed E-state index contributed by atoms with van der Waals surface area (Å²) in [6, 6.07) is 9.75. The molecule has 0 saturated carbocycles. The van der Waals surface area contributed by atoms with Crippen LogP contribution >= 0.6 is 0 Å². The van der Waals surface area contributed by atoms with Gasteiger partial charge in [0.05, 0.1) is 5.69 Å². The van der Waals surface area contributed by atoms with E-state index in [-0.39, 0.29) is 0 Å². The molecule has 3 heteroatoms. The summed E-state index contributed by atoms with van der Waals surface area (Å²) in [7, 11) is 0. The maximum Gasteiger partial charge on any atom is 0.0874 e. The zero-order chi connectivity index (χ0) is 9.52. The fourth-order valence-corrected chi connectivity index (χ4v) is 0.960. The van der Waals surface area contributed by atoms with Gasteiger partial charge in [-0.25, -0.2) is 0 Å². The predicted octanol–water partition coefficient (Wildman–Crippen LogP) is 3.03. The van der Waals surface area contributed by atoms with Crippen molar-refractivity contribution in [1.82, 2.24) is 5.01 Å². The summed E-state index contributed by atoms with van der Waals surface area (Å²) in [6.07, 6.45) is 0. The monoisotopic (exact) mass is 177 g/mol. The smallest absolute Gasteiger partial charge is 0.0874 e. The van der Waals surface area contributed by atoms with E-state index in [2.05, 4.69) is 24.2 Å². The van der Waals surface area contributed by atoms with Gasteiger partial charge >= 0.3 is 0 Å². The van der Waals surface area contributed by atoms with Gasteiger partial charge in [0.25, 0.3) is 0 Å². The maximum absolute atomic E-state index is 4.10. The van der Waals surface area contributed by atoms with E-state index in [4.69, 9.17) is 0 Å². The highest BCUT2D eigenvalue weighted by atomic mass is 15.5. The zero-order valence-electron chi connectivity index (χ0n) is 8.14. The van der Waals surface area contributed by atoms with Crippen molar-refractivity contribution in [2.75, 3.05) is 13.1 Å². The second kappa shape index (κ2) is 5.30. The fourth-order valence-electron chi connectivity index (χ4n) is 0.960. The van der Waals surface area contributed by atoms with Crippen molar-refractivity contribution < 1.29 is 0 Å². The van der Waals surface area contributed by atoms with Crippen molar-refractivity contribution in [3.63, 3.8) is 0 Å². The highest BCUT2D eigenvalue weighted by Crippen LogP contribution is 2.10. The molecule has 1 aromatic rings. The lowest BCUT2D eigenvalue weighted by atomic mass is 10.3. The molecule has 0 radical (unpaired) electrons. The van der Waals surface area contributed by atoms with E-state index in [9.17, 15) is 0 Å². The summed E-state index contributed by atoms with van der Waals surface area (Å²) in [5.74, 6) is 0. The van der Waals surface area contributed by atoms with Gasteiger partial charge in [-0.1, -0.05) is 23.4 Å². The molecule has 0 atom stereocenters. The van der Waals surface area contributed by atoms with Gasteiger partial charge < -0.3 is 0 Å². The van der Waals surface area contributed by atoms with Gasteiger partial charge in [-0.2, -0.15) is 0 Å². The van der Waals surface area contributed by atoms with Gasteiger partial charge in [-0.3, -0.25) is 5.01 Å². The highest BCUT2D eigenvalue weighted by molar-refractivity contribution is 5.34. The van der Waals surface area contributed by atoms with Crippen LogP contribution < -0.4 is 0 Å². The van der Waals surface area contributed by atoms with Crippen LogP contribution in [0.3, 0.4) is 0 Å². The van der Waals surface area contributed by atoms with Gasteiger partial charge in [0, 0.05) is 13.1 Å². The number of rotatable bonds is 4. The van der Waals surface area contributed by atoms with Crippen LogP contribution in [-0.2, 0) is 0 Å². The molecule has 0 aliphatic heterocycles. The van der Waals surface area contributed by atoms with Crippen LogP contribution in [0.4, 0.5) is 5.69 Å². The molecule has 0 aromatic heterocycles. The Kier molecular flexibility index (Phi) is 3.96. The first-order chi connectivity index (χ1) is 6.36. The molecule has 0 heterocycles. The van der Waals surface area contributed by atoms with Crippen molar-refractivity contribution >= 4 is 5.69 Å². The molecule has 0 saturated heterocycles. The lowest BCUT2D eigenvalue weighted by molar-refractivity contribution is 0.301. The van der Waals surface area contributed by atoms with Gasteiger partial charge in [-0.15, -0.1) is 5.11 Å². The molecule has 0 amide bonds. The molecule has 0 fully saturated rings. The van der Waals surface area contributed by atoms with Crippen molar-refractivity contribution in [2.24, 2.45) is 10.3 Å². The number of hydrogen-bond acceptors (Lipinski definition) is 2. The molecule has 3 nitrogen and oxygen atoms in total. The molecule has 0 N–H and O–H groups in total. The highest BCUT2D eigenvalue weighted by Gasteiger charge is 1.91. The molecule has 0 aliphatic rings. The standard InChI is InChI=1S/C10H15N3/c1-3-13(4-2)12-11-10-8-6-5-7-9-10/h5-9H,3-4H2,1-2H3/b12-11+. The third-order valence-corrected chi connectivity index (χ3v) is 1.77. The molecule has 1 aromatic carbocycles. The largest absolute Gasteiger partial charge is 0.279 e. The van der Waals surface area contributed by atoms with Crippen molar-refractivity contribution in [1.29, 1.82) is 0 Å². The van der Waals surface area contributed by atoms with E-state index in [1.807, 2.05) is 35.3 Å². The van der Waals surface area contributed by atoms with Gasteiger partial charge in [0.15, 0.2) is 0 Å². The molecule has 70 valence electrons. The van der Waals surface area contributed by atoms with Gasteiger partial charge in [0.2, 0.25) is 0 Å². The van der Waals surface area contributed by atoms with Crippen LogP contribution in [0.5, 0.6) is 0 Å². The molecule has 1 rings (SSSR count). The number of nitrogens with zero attached hydrogens (tertiary/aromatic N) is 3. The lowest BCUT2D eigenvalue weighted by Gasteiger charge is -2.10. The van der Waals surface area contributed by atoms with Crippen molar-refractivity contribution in [3.05, 3.63) is 30.3 Å². The first kappa shape index (κ1) is 9.71. The van der Waals surface area contributed by atoms with E-state index in [0.29, 0.717) is 0 Å². The van der Waals surface area contributed by atoms with E-state index in [0.717, 1.165) is 18.8 Å². The second-order valence-electron chi connectivity index (χ2n) is 2.66.